The summed E-state index contributed by atoms with van der Waals surface area (Å²) < 4.78 is 5.24. The molecule has 152 valence electrons. The average molecular weight is 401 g/mol. The normalized spacial score (nSPS) is 16.2. The molecule has 6 heteroatoms. The summed E-state index contributed by atoms with van der Waals surface area (Å²) in [6, 6.07) is 13.1. The van der Waals surface area contributed by atoms with Gasteiger partial charge in [0.05, 0.1) is 13.7 Å². The number of guanidine groups is 1. The second-order valence-electron chi connectivity index (χ2n) is 7.18. The number of benzene rings is 1. The predicted molar refractivity (Wildman–Crippen MR) is 119 cm³/mol. The van der Waals surface area contributed by atoms with Crippen molar-refractivity contribution in [1.29, 1.82) is 0 Å². The lowest BCUT2D eigenvalue weighted by atomic mass is 10.1. The van der Waals surface area contributed by atoms with Crippen molar-refractivity contribution in [3.05, 3.63) is 41.3 Å². The molecule has 2 aromatic rings. The van der Waals surface area contributed by atoms with Crippen molar-refractivity contribution in [3.8, 4) is 16.2 Å². The van der Waals surface area contributed by atoms with E-state index in [1.54, 1.807) is 7.11 Å². The first-order valence-electron chi connectivity index (χ1n) is 10.1. The van der Waals surface area contributed by atoms with E-state index in [2.05, 4.69) is 51.7 Å². The number of nitrogens with zero attached hydrogens (tertiary/aromatic N) is 2. The van der Waals surface area contributed by atoms with Crippen LogP contribution < -0.4 is 15.4 Å². The molecule has 1 aliphatic heterocycles. The number of methoxy groups -OCH3 is 1. The minimum atomic E-state index is 0.512. The Bertz CT molecular complexity index is 748. The third-order valence-corrected chi connectivity index (χ3v) is 6.29. The van der Waals surface area contributed by atoms with Gasteiger partial charge in [0.15, 0.2) is 5.96 Å². The van der Waals surface area contributed by atoms with Crippen LogP contribution in [0.5, 0.6) is 5.75 Å². The average Bonchev–Trinajstić information content (AvgIpc) is 3.21. The zero-order valence-corrected chi connectivity index (χ0v) is 18.0. The Labute approximate surface area is 172 Å². The molecule has 0 bridgehead atoms. The molecule has 2 N–H and O–H groups in total. The highest BCUT2D eigenvalue weighted by Gasteiger charge is 2.19. The van der Waals surface area contributed by atoms with Crippen molar-refractivity contribution in [2.45, 2.75) is 38.8 Å². The van der Waals surface area contributed by atoms with Gasteiger partial charge in [-0.1, -0.05) is 6.92 Å². The topological polar surface area (TPSA) is 48.9 Å². The summed E-state index contributed by atoms with van der Waals surface area (Å²) in [7, 11) is 3.54. The SMILES string of the molecule is CCCN1CCC(NC(=NC)NCc2ccc(-c3ccc(OC)cc3)s2)CC1. The van der Waals surface area contributed by atoms with Gasteiger partial charge in [0.2, 0.25) is 0 Å². The minimum Gasteiger partial charge on any atom is -0.497 e. The zero-order valence-electron chi connectivity index (χ0n) is 17.2. The first-order chi connectivity index (χ1) is 13.7. The molecule has 0 saturated carbocycles. The number of nitrogens with one attached hydrogen (secondary N) is 2. The highest BCUT2D eigenvalue weighted by atomic mass is 32.1. The molecule has 28 heavy (non-hydrogen) atoms. The zero-order chi connectivity index (χ0) is 19.8. The second-order valence-corrected chi connectivity index (χ2v) is 8.35. The van der Waals surface area contributed by atoms with E-state index in [0.29, 0.717) is 6.04 Å². The van der Waals surface area contributed by atoms with Gasteiger partial charge in [-0.3, -0.25) is 4.99 Å². The third kappa shape index (κ3) is 5.72. The van der Waals surface area contributed by atoms with Crippen LogP contribution in [0, 0.1) is 0 Å². The first-order valence-corrected chi connectivity index (χ1v) is 11.0. The highest BCUT2D eigenvalue weighted by molar-refractivity contribution is 7.15. The van der Waals surface area contributed by atoms with E-state index < -0.39 is 0 Å². The molecule has 0 atom stereocenters. The van der Waals surface area contributed by atoms with Crippen LogP contribution in [0.4, 0.5) is 0 Å². The molecular weight excluding hydrogens is 368 g/mol. The molecule has 1 fully saturated rings. The Morgan fingerprint density at radius 2 is 1.93 bits per heavy atom. The number of hydrogen-bond donors (Lipinski definition) is 2. The summed E-state index contributed by atoms with van der Waals surface area (Å²) in [5.74, 6) is 1.78. The molecule has 0 spiro atoms. The van der Waals surface area contributed by atoms with Gasteiger partial charge < -0.3 is 20.3 Å². The van der Waals surface area contributed by atoms with Gasteiger partial charge in [-0.25, -0.2) is 0 Å². The molecule has 1 aliphatic rings. The Hall–Kier alpha value is -2.05. The molecule has 0 amide bonds. The fourth-order valence-electron chi connectivity index (χ4n) is 3.56. The molecule has 1 aromatic heterocycles. The number of piperidine rings is 1. The summed E-state index contributed by atoms with van der Waals surface area (Å²) in [5.41, 5.74) is 1.22. The lowest BCUT2D eigenvalue weighted by Gasteiger charge is -2.32. The summed E-state index contributed by atoms with van der Waals surface area (Å²) >= 11 is 1.81. The smallest absolute Gasteiger partial charge is 0.191 e. The Kier molecular flexibility index (Phi) is 7.74. The number of ether oxygens (including phenoxy) is 1. The standard InChI is InChI=1S/C22H32N4OS/c1-4-13-26-14-11-18(12-15-26)25-22(23-2)24-16-20-9-10-21(28-20)17-5-7-19(27-3)8-6-17/h5-10,18H,4,11-16H2,1-3H3,(H2,23,24,25). The predicted octanol–water partition coefficient (Wildman–Crippen LogP) is 3.96. The maximum atomic E-state index is 5.24. The van der Waals surface area contributed by atoms with Crippen molar-refractivity contribution in [3.63, 3.8) is 0 Å². The van der Waals surface area contributed by atoms with E-state index in [9.17, 15) is 0 Å². The van der Waals surface area contributed by atoms with E-state index in [1.807, 2.05) is 30.5 Å². The fraction of sp³-hybridized carbons (Fsp3) is 0.500. The molecule has 0 radical (unpaired) electrons. The second kappa shape index (κ2) is 10.5. The van der Waals surface area contributed by atoms with Gasteiger partial charge in [-0.15, -0.1) is 11.3 Å². The van der Waals surface area contributed by atoms with Crippen LogP contribution in [0.3, 0.4) is 0 Å². The van der Waals surface area contributed by atoms with Crippen LogP contribution >= 0.6 is 11.3 Å². The van der Waals surface area contributed by atoms with E-state index in [0.717, 1.165) is 18.3 Å². The molecule has 1 saturated heterocycles. The number of hydrogen-bond acceptors (Lipinski definition) is 4. The van der Waals surface area contributed by atoms with Gasteiger partial charge in [0.25, 0.3) is 0 Å². The van der Waals surface area contributed by atoms with Crippen LogP contribution in [0.25, 0.3) is 10.4 Å². The van der Waals surface area contributed by atoms with E-state index in [-0.39, 0.29) is 0 Å². The Morgan fingerprint density at radius 1 is 1.18 bits per heavy atom. The minimum absolute atomic E-state index is 0.512. The Balaban J connectivity index is 1.48. The fourth-order valence-corrected chi connectivity index (χ4v) is 4.51. The third-order valence-electron chi connectivity index (χ3n) is 5.16. The van der Waals surface area contributed by atoms with Crippen molar-refractivity contribution in [2.75, 3.05) is 33.8 Å². The van der Waals surface area contributed by atoms with Crippen LogP contribution in [0.1, 0.15) is 31.1 Å². The molecule has 2 heterocycles. The van der Waals surface area contributed by atoms with Gasteiger partial charge in [-0.2, -0.15) is 0 Å². The van der Waals surface area contributed by atoms with E-state index in [4.69, 9.17) is 4.74 Å². The van der Waals surface area contributed by atoms with E-state index >= 15 is 0 Å². The van der Waals surface area contributed by atoms with Crippen LogP contribution in [0.2, 0.25) is 0 Å². The summed E-state index contributed by atoms with van der Waals surface area (Å²) in [4.78, 5) is 9.53. The number of aliphatic imine (C=N–C) groups is 1. The molecule has 3 rings (SSSR count). The lowest BCUT2D eigenvalue weighted by molar-refractivity contribution is 0.206. The van der Waals surface area contributed by atoms with Gasteiger partial charge in [0, 0.05) is 35.9 Å². The van der Waals surface area contributed by atoms with Crippen LogP contribution in [-0.2, 0) is 6.54 Å². The summed E-state index contributed by atoms with van der Waals surface area (Å²) in [6.45, 7) is 6.61. The number of rotatable bonds is 7. The van der Waals surface area contributed by atoms with Crippen molar-refractivity contribution >= 4 is 17.3 Å². The molecule has 5 nitrogen and oxygen atoms in total. The maximum absolute atomic E-state index is 5.24. The molecule has 1 aromatic carbocycles. The summed E-state index contributed by atoms with van der Waals surface area (Å²) in [6.07, 6.45) is 3.60. The Morgan fingerprint density at radius 3 is 2.57 bits per heavy atom. The van der Waals surface area contributed by atoms with Crippen molar-refractivity contribution < 1.29 is 4.74 Å². The maximum Gasteiger partial charge on any atom is 0.191 e. The van der Waals surface area contributed by atoms with Gasteiger partial charge >= 0.3 is 0 Å². The lowest BCUT2D eigenvalue weighted by Crippen LogP contribution is -2.48. The van der Waals surface area contributed by atoms with Gasteiger partial charge in [-0.05, 0) is 67.8 Å². The van der Waals surface area contributed by atoms with Gasteiger partial charge in [0.1, 0.15) is 5.75 Å². The molecule has 0 aliphatic carbocycles. The number of likely N-dealkylation sites (tertiary alicyclic amines) is 1. The summed E-state index contributed by atoms with van der Waals surface area (Å²) in [5, 5.41) is 7.06. The van der Waals surface area contributed by atoms with E-state index in [1.165, 1.54) is 54.2 Å². The quantitative estimate of drug-likeness (QED) is 0.546. The van der Waals surface area contributed by atoms with Crippen LogP contribution in [-0.4, -0.2) is 50.7 Å². The molecular formula is C22H32N4OS. The monoisotopic (exact) mass is 400 g/mol. The largest absolute Gasteiger partial charge is 0.497 e. The molecule has 0 unspecified atom stereocenters. The van der Waals surface area contributed by atoms with Crippen molar-refractivity contribution in [1.82, 2.24) is 15.5 Å². The first kappa shape index (κ1) is 20.7. The number of thiophene rings is 1. The van der Waals surface area contributed by atoms with Crippen LogP contribution in [0.15, 0.2) is 41.4 Å². The van der Waals surface area contributed by atoms with Crippen molar-refractivity contribution in [2.24, 2.45) is 4.99 Å². The highest BCUT2D eigenvalue weighted by Crippen LogP contribution is 2.29.